The molecule has 2 heterocycles. The van der Waals surface area contributed by atoms with Gasteiger partial charge in [0.05, 0.1) is 29.7 Å². The van der Waals surface area contributed by atoms with Gasteiger partial charge in [-0.25, -0.2) is 9.67 Å². The third kappa shape index (κ3) is 2.28. The average molecular weight is 264 g/mol. The Labute approximate surface area is 110 Å². The second-order valence-corrected chi connectivity index (χ2v) is 4.62. The Morgan fingerprint density at radius 3 is 2.74 bits per heavy atom. The first-order valence-corrected chi connectivity index (χ1v) is 5.89. The molecule has 0 aliphatic heterocycles. The Kier molecular flexibility index (Phi) is 3.24. The number of nitrogens with zero attached hydrogens (tertiary/aromatic N) is 5. The van der Waals surface area contributed by atoms with Crippen molar-refractivity contribution in [2.45, 2.75) is 33.4 Å². The lowest BCUT2D eigenvalue weighted by Gasteiger charge is -2.11. The molecule has 8 heteroatoms. The van der Waals surface area contributed by atoms with Crippen LogP contribution in [0.1, 0.15) is 31.3 Å². The lowest BCUT2D eigenvalue weighted by atomic mass is 10.3. The SMILES string of the molecule is Cc1nn(Cc2cncn2C(C)C)c(N)c1[N+](=O)[O-]. The van der Waals surface area contributed by atoms with E-state index in [0.717, 1.165) is 5.69 Å². The van der Waals surface area contributed by atoms with E-state index in [9.17, 15) is 10.1 Å². The van der Waals surface area contributed by atoms with Gasteiger partial charge in [-0.15, -0.1) is 0 Å². The highest BCUT2D eigenvalue weighted by molar-refractivity contribution is 5.56. The summed E-state index contributed by atoms with van der Waals surface area (Å²) in [4.78, 5) is 14.5. The zero-order chi connectivity index (χ0) is 14.2. The van der Waals surface area contributed by atoms with Crippen LogP contribution in [0.5, 0.6) is 0 Å². The molecule has 0 saturated heterocycles. The van der Waals surface area contributed by atoms with Gasteiger partial charge in [0, 0.05) is 6.04 Å². The molecule has 19 heavy (non-hydrogen) atoms. The van der Waals surface area contributed by atoms with Crippen molar-refractivity contribution in [3.05, 3.63) is 34.0 Å². The fraction of sp³-hybridized carbons (Fsp3) is 0.455. The van der Waals surface area contributed by atoms with E-state index in [1.54, 1.807) is 19.4 Å². The normalized spacial score (nSPS) is 11.2. The molecule has 0 atom stereocenters. The van der Waals surface area contributed by atoms with Gasteiger partial charge in [-0.3, -0.25) is 10.1 Å². The van der Waals surface area contributed by atoms with Crippen LogP contribution in [0.15, 0.2) is 12.5 Å². The van der Waals surface area contributed by atoms with Crippen LogP contribution in [0.2, 0.25) is 0 Å². The average Bonchev–Trinajstić information content (AvgIpc) is 2.85. The molecule has 0 saturated carbocycles. The molecule has 0 bridgehead atoms. The lowest BCUT2D eigenvalue weighted by Crippen LogP contribution is -2.12. The van der Waals surface area contributed by atoms with Crippen molar-refractivity contribution >= 4 is 11.5 Å². The van der Waals surface area contributed by atoms with Gasteiger partial charge in [0.1, 0.15) is 5.69 Å². The summed E-state index contributed by atoms with van der Waals surface area (Å²) in [5.41, 5.74) is 6.87. The van der Waals surface area contributed by atoms with Gasteiger partial charge in [-0.05, 0) is 20.8 Å². The minimum Gasteiger partial charge on any atom is -0.378 e. The zero-order valence-electron chi connectivity index (χ0n) is 11.1. The Morgan fingerprint density at radius 1 is 1.53 bits per heavy atom. The fourth-order valence-corrected chi connectivity index (χ4v) is 2.01. The maximum atomic E-state index is 10.9. The van der Waals surface area contributed by atoms with E-state index in [4.69, 9.17) is 5.73 Å². The number of nitrogen functional groups attached to an aromatic ring is 1. The molecule has 2 rings (SSSR count). The predicted octanol–water partition coefficient (Wildman–Crippen LogP) is 1.51. The van der Waals surface area contributed by atoms with Gasteiger partial charge in [-0.1, -0.05) is 0 Å². The number of hydrogen-bond donors (Lipinski definition) is 1. The standard InChI is InChI=1S/C11H16N6O2/c1-7(2)15-6-13-4-9(15)5-16-11(12)10(17(18)19)8(3)14-16/h4,6-7H,5,12H2,1-3H3. The van der Waals surface area contributed by atoms with E-state index in [2.05, 4.69) is 10.1 Å². The summed E-state index contributed by atoms with van der Waals surface area (Å²) in [7, 11) is 0. The number of aryl methyl sites for hydroxylation is 1. The zero-order valence-corrected chi connectivity index (χ0v) is 11.1. The Morgan fingerprint density at radius 2 is 2.21 bits per heavy atom. The molecule has 8 nitrogen and oxygen atoms in total. The van der Waals surface area contributed by atoms with E-state index in [1.165, 1.54) is 4.68 Å². The highest BCUT2D eigenvalue weighted by Gasteiger charge is 2.23. The van der Waals surface area contributed by atoms with Crippen molar-refractivity contribution in [2.75, 3.05) is 5.73 Å². The van der Waals surface area contributed by atoms with Gasteiger partial charge < -0.3 is 10.3 Å². The lowest BCUT2D eigenvalue weighted by molar-refractivity contribution is -0.384. The molecule has 2 aromatic rings. The van der Waals surface area contributed by atoms with Crippen LogP contribution in [0.4, 0.5) is 11.5 Å². The van der Waals surface area contributed by atoms with Gasteiger partial charge in [0.2, 0.25) is 5.82 Å². The molecule has 0 spiro atoms. The quantitative estimate of drug-likeness (QED) is 0.665. The molecule has 0 aliphatic carbocycles. The van der Waals surface area contributed by atoms with Crippen LogP contribution < -0.4 is 5.73 Å². The van der Waals surface area contributed by atoms with Gasteiger partial charge >= 0.3 is 5.69 Å². The van der Waals surface area contributed by atoms with Crippen molar-refractivity contribution in [2.24, 2.45) is 0 Å². The molecular formula is C11H16N6O2. The van der Waals surface area contributed by atoms with Crippen LogP contribution in [0.3, 0.4) is 0 Å². The van der Waals surface area contributed by atoms with E-state index in [-0.39, 0.29) is 17.5 Å². The van der Waals surface area contributed by atoms with E-state index < -0.39 is 4.92 Å². The highest BCUT2D eigenvalue weighted by atomic mass is 16.6. The summed E-state index contributed by atoms with van der Waals surface area (Å²) in [5, 5.41) is 15.0. The summed E-state index contributed by atoms with van der Waals surface area (Å²) in [6.07, 6.45) is 3.43. The second kappa shape index (κ2) is 4.71. The smallest absolute Gasteiger partial charge is 0.333 e. The summed E-state index contributed by atoms with van der Waals surface area (Å²) in [6.45, 7) is 6.00. The molecule has 2 N–H and O–H groups in total. The van der Waals surface area contributed by atoms with Crippen LogP contribution in [-0.4, -0.2) is 24.3 Å². The van der Waals surface area contributed by atoms with Gasteiger partial charge in [-0.2, -0.15) is 5.10 Å². The minimum atomic E-state index is -0.506. The van der Waals surface area contributed by atoms with Crippen LogP contribution >= 0.6 is 0 Å². The van der Waals surface area contributed by atoms with Crippen LogP contribution in [0.25, 0.3) is 0 Å². The Bertz CT molecular complexity index is 613. The molecule has 0 unspecified atom stereocenters. The maximum absolute atomic E-state index is 10.9. The number of anilines is 1. The Balaban J connectivity index is 2.37. The Hall–Kier alpha value is -2.38. The van der Waals surface area contributed by atoms with Crippen molar-refractivity contribution in [1.82, 2.24) is 19.3 Å². The summed E-state index contributed by atoms with van der Waals surface area (Å²) in [5.74, 6) is 0.0685. The molecule has 0 amide bonds. The topological polar surface area (TPSA) is 105 Å². The van der Waals surface area contributed by atoms with Crippen molar-refractivity contribution in [3.63, 3.8) is 0 Å². The van der Waals surface area contributed by atoms with Crippen LogP contribution in [0, 0.1) is 17.0 Å². The van der Waals surface area contributed by atoms with E-state index >= 15 is 0 Å². The highest BCUT2D eigenvalue weighted by Crippen LogP contribution is 2.25. The molecule has 0 aliphatic rings. The van der Waals surface area contributed by atoms with Crippen molar-refractivity contribution in [1.29, 1.82) is 0 Å². The first-order chi connectivity index (χ1) is 8.91. The molecule has 0 fully saturated rings. The third-order valence-electron chi connectivity index (χ3n) is 2.93. The van der Waals surface area contributed by atoms with Crippen molar-refractivity contribution in [3.8, 4) is 0 Å². The van der Waals surface area contributed by atoms with E-state index in [0.29, 0.717) is 12.2 Å². The van der Waals surface area contributed by atoms with Crippen molar-refractivity contribution < 1.29 is 4.92 Å². The number of aromatic nitrogens is 4. The molecular weight excluding hydrogens is 248 g/mol. The number of nitrogens with two attached hydrogens (primary N) is 1. The van der Waals surface area contributed by atoms with E-state index in [1.807, 2.05) is 18.4 Å². The molecule has 0 aromatic carbocycles. The number of rotatable bonds is 4. The van der Waals surface area contributed by atoms with Gasteiger partial charge in [0.15, 0.2) is 0 Å². The monoisotopic (exact) mass is 264 g/mol. The first kappa shape index (κ1) is 13.1. The molecule has 2 aromatic heterocycles. The number of nitro groups is 1. The minimum absolute atomic E-state index is 0.0685. The maximum Gasteiger partial charge on any atom is 0.333 e. The summed E-state index contributed by atoms with van der Waals surface area (Å²) < 4.78 is 3.41. The fourth-order valence-electron chi connectivity index (χ4n) is 2.01. The summed E-state index contributed by atoms with van der Waals surface area (Å²) in [6, 6.07) is 0.255. The third-order valence-corrected chi connectivity index (χ3v) is 2.93. The largest absolute Gasteiger partial charge is 0.378 e. The van der Waals surface area contributed by atoms with Crippen LogP contribution in [-0.2, 0) is 6.54 Å². The predicted molar refractivity (Wildman–Crippen MR) is 69.7 cm³/mol. The number of imidazole rings is 1. The first-order valence-electron chi connectivity index (χ1n) is 5.89. The molecule has 102 valence electrons. The number of hydrogen-bond acceptors (Lipinski definition) is 5. The molecule has 0 radical (unpaired) electrons. The summed E-state index contributed by atoms with van der Waals surface area (Å²) >= 11 is 0. The van der Waals surface area contributed by atoms with Gasteiger partial charge in [0.25, 0.3) is 0 Å². The second-order valence-electron chi connectivity index (χ2n) is 4.62.